The zero-order chi connectivity index (χ0) is 37.4. The van der Waals surface area contributed by atoms with Gasteiger partial charge in [0.05, 0.1) is 48.6 Å². The van der Waals surface area contributed by atoms with Crippen LogP contribution in [0.25, 0.3) is 0 Å². The number of nitrogens with zero attached hydrogens (tertiary/aromatic N) is 6. The molecule has 5 aromatic rings. The number of carbonyl (C=O) groups is 3. The Labute approximate surface area is 305 Å². The van der Waals surface area contributed by atoms with E-state index in [9.17, 15) is 44.7 Å². The fraction of sp³-hybridized carbons (Fsp3) is 0. The molecule has 0 saturated carbocycles. The fourth-order valence-corrected chi connectivity index (χ4v) is 5.12. The van der Waals surface area contributed by atoms with Gasteiger partial charge in [0.15, 0.2) is 0 Å². The summed E-state index contributed by atoms with van der Waals surface area (Å²) in [7, 11) is 0. The lowest BCUT2D eigenvalue weighted by atomic mass is 10.1. The predicted octanol–water partition coefficient (Wildman–Crippen LogP) is 8.24. The van der Waals surface area contributed by atoms with Gasteiger partial charge in [-0.1, -0.05) is 82.8 Å². The van der Waals surface area contributed by atoms with Crippen molar-refractivity contribution in [2.75, 3.05) is 10.2 Å². The Morgan fingerprint density at radius 1 is 0.588 bits per heavy atom. The maximum absolute atomic E-state index is 13.3. The minimum absolute atomic E-state index is 0.0371. The third kappa shape index (κ3) is 8.94. The molecule has 2 aromatic heterocycles. The minimum atomic E-state index is -1.12. The largest absolute Gasteiger partial charge is 0.319 e. The van der Waals surface area contributed by atoms with Gasteiger partial charge in [-0.3, -0.25) is 44.7 Å². The monoisotopic (exact) mass is 771 g/mol. The zero-order valence-corrected chi connectivity index (χ0v) is 28.1. The van der Waals surface area contributed by atoms with Gasteiger partial charge in [-0.2, -0.15) is 0 Å². The van der Waals surface area contributed by atoms with E-state index in [1.807, 2.05) is 0 Å². The molecule has 16 nitrogen and oxygen atoms in total. The van der Waals surface area contributed by atoms with Crippen LogP contribution in [0.3, 0.4) is 0 Å². The Balaban J connectivity index is 0.000000251. The molecule has 0 saturated heterocycles. The highest BCUT2D eigenvalue weighted by Crippen LogP contribution is 2.33. The van der Waals surface area contributed by atoms with Crippen molar-refractivity contribution in [1.82, 2.24) is 9.97 Å². The van der Waals surface area contributed by atoms with Gasteiger partial charge >= 0.3 is 0 Å². The first-order valence-electron chi connectivity index (χ1n) is 13.7. The highest BCUT2D eigenvalue weighted by molar-refractivity contribution is 6.39. The van der Waals surface area contributed by atoms with Crippen LogP contribution in [0.2, 0.25) is 20.4 Å². The van der Waals surface area contributed by atoms with Crippen molar-refractivity contribution in [3.05, 3.63) is 165 Å². The van der Waals surface area contributed by atoms with Crippen LogP contribution in [-0.2, 0) is 0 Å². The summed E-state index contributed by atoms with van der Waals surface area (Å²) in [5.41, 5.74) is -2.36. The molecule has 5 rings (SSSR count). The number of rotatable bonds is 8. The molecular weight excluding hydrogens is 756 g/mol. The summed E-state index contributed by atoms with van der Waals surface area (Å²) >= 11 is 23.5. The second-order valence-corrected chi connectivity index (χ2v) is 11.3. The molecule has 0 aliphatic heterocycles. The first-order valence-corrected chi connectivity index (χ1v) is 15.2. The molecule has 20 heteroatoms. The van der Waals surface area contributed by atoms with E-state index in [0.29, 0.717) is 4.90 Å². The number of hydrogen-bond acceptors (Lipinski definition) is 11. The van der Waals surface area contributed by atoms with Gasteiger partial charge in [-0.05, 0) is 30.3 Å². The Kier molecular flexibility index (Phi) is 12.3. The van der Waals surface area contributed by atoms with Crippen molar-refractivity contribution in [3.8, 4) is 0 Å². The lowest BCUT2D eigenvalue weighted by molar-refractivity contribution is -0.385. The van der Waals surface area contributed by atoms with E-state index < -0.39 is 55.0 Å². The van der Waals surface area contributed by atoms with E-state index in [-0.39, 0.29) is 43.0 Å². The predicted molar refractivity (Wildman–Crippen MR) is 187 cm³/mol. The van der Waals surface area contributed by atoms with Crippen molar-refractivity contribution < 1.29 is 29.2 Å². The van der Waals surface area contributed by atoms with Gasteiger partial charge in [-0.25, -0.2) is 14.9 Å². The van der Waals surface area contributed by atoms with Crippen molar-refractivity contribution in [1.29, 1.82) is 0 Å². The molecule has 51 heavy (non-hydrogen) atoms. The van der Waals surface area contributed by atoms with Crippen LogP contribution in [0.5, 0.6) is 0 Å². The van der Waals surface area contributed by atoms with E-state index in [1.165, 1.54) is 60.8 Å². The van der Waals surface area contributed by atoms with E-state index >= 15 is 0 Å². The number of imide groups is 1. The normalized spacial score (nSPS) is 10.3. The first kappa shape index (κ1) is 37.7. The molecule has 0 spiro atoms. The average Bonchev–Trinajstić information content (AvgIpc) is 3.10. The third-order valence-corrected chi connectivity index (χ3v) is 7.55. The van der Waals surface area contributed by atoms with Gasteiger partial charge < -0.3 is 5.32 Å². The number of halogens is 4. The van der Waals surface area contributed by atoms with Crippen LogP contribution in [0.15, 0.2) is 97.3 Å². The zero-order valence-electron chi connectivity index (χ0n) is 25.1. The van der Waals surface area contributed by atoms with Crippen molar-refractivity contribution in [3.63, 3.8) is 0 Å². The van der Waals surface area contributed by atoms with Gasteiger partial charge in [0.2, 0.25) is 0 Å². The van der Waals surface area contributed by atoms with Crippen LogP contribution < -0.4 is 10.2 Å². The number of carbonyl (C=O) groups excluding carboxylic acids is 3. The number of hydrogen-bond donors (Lipinski definition) is 1. The lowest BCUT2D eigenvalue weighted by Gasteiger charge is -2.22. The second-order valence-electron chi connectivity index (χ2n) is 9.67. The van der Waals surface area contributed by atoms with E-state index in [4.69, 9.17) is 46.4 Å². The van der Waals surface area contributed by atoms with Gasteiger partial charge in [0.25, 0.3) is 34.8 Å². The standard InChI is InChI=1S/C19H10Cl2N4O6.C12H7Cl2N3O3/c20-13-9-17(21)22-10-16(13)23(18(26)11-5-1-3-7-14(11)24(28)29)19(27)12-6-2-4-8-15(12)25(30)31;13-8-5-11(14)15-6-9(8)16-12(18)7-3-1-2-4-10(7)17(19)20/h1-10H;1-6H,(H,16,18). The molecule has 0 unspecified atom stereocenters. The number of nitrogens with one attached hydrogen (secondary N) is 1. The van der Waals surface area contributed by atoms with E-state index in [0.717, 1.165) is 36.5 Å². The van der Waals surface area contributed by atoms with Crippen molar-refractivity contribution in [2.45, 2.75) is 0 Å². The number of nitro benzene ring substituents is 3. The minimum Gasteiger partial charge on any atom is -0.319 e. The van der Waals surface area contributed by atoms with Gasteiger partial charge in [0, 0.05) is 18.2 Å². The second kappa shape index (κ2) is 16.6. The smallest absolute Gasteiger partial charge is 0.282 e. The molecular formula is C31H17Cl4N7O9. The van der Waals surface area contributed by atoms with Gasteiger partial charge in [-0.15, -0.1) is 0 Å². The van der Waals surface area contributed by atoms with Crippen LogP contribution in [0, 0.1) is 30.3 Å². The average molecular weight is 773 g/mol. The lowest BCUT2D eigenvalue weighted by Crippen LogP contribution is -2.38. The Bertz CT molecular complexity index is 2150. The summed E-state index contributed by atoms with van der Waals surface area (Å²) in [5.74, 6) is -2.90. The number of aromatic nitrogens is 2. The number of benzene rings is 3. The SMILES string of the molecule is O=C(Nc1cnc(Cl)cc1Cl)c1ccccc1[N+](=O)[O-].O=C(c1ccccc1[N+](=O)[O-])N(C(=O)c1ccccc1[N+](=O)[O-])c1cnc(Cl)cc1Cl. The number of anilines is 2. The van der Waals surface area contributed by atoms with E-state index in [2.05, 4.69) is 15.3 Å². The quantitative estimate of drug-likeness (QED) is 0.0684. The van der Waals surface area contributed by atoms with Gasteiger partial charge in [0.1, 0.15) is 27.0 Å². The highest BCUT2D eigenvalue weighted by Gasteiger charge is 2.35. The van der Waals surface area contributed by atoms with Crippen LogP contribution in [0.4, 0.5) is 28.4 Å². The van der Waals surface area contributed by atoms with Crippen LogP contribution in [0.1, 0.15) is 31.1 Å². The maximum atomic E-state index is 13.3. The molecule has 258 valence electrons. The summed E-state index contributed by atoms with van der Waals surface area (Å²) < 4.78 is 0. The molecule has 0 atom stereocenters. The summed E-state index contributed by atoms with van der Waals surface area (Å²) in [5, 5.41) is 36.2. The topological polar surface area (TPSA) is 222 Å². The third-order valence-electron chi connectivity index (χ3n) is 6.52. The molecule has 2 heterocycles. The molecule has 0 aliphatic carbocycles. The Morgan fingerprint density at radius 2 is 0.980 bits per heavy atom. The fourth-order valence-electron chi connectivity index (χ4n) is 4.26. The number of amides is 3. The molecule has 0 radical (unpaired) electrons. The number of nitro groups is 3. The molecule has 0 bridgehead atoms. The first-order chi connectivity index (χ1) is 24.2. The summed E-state index contributed by atoms with van der Waals surface area (Å²) in [6.07, 6.45) is 2.29. The van der Waals surface area contributed by atoms with E-state index in [1.54, 1.807) is 0 Å². The number of pyridine rings is 2. The molecule has 0 fully saturated rings. The molecule has 3 amide bonds. The summed E-state index contributed by atoms with van der Waals surface area (Å²) in [4.78, 5) is 78.2. The number of para-hydroxylation sites is 3. The maximum Gasteiger partial charge on any atom is 0.282 e. The highest BCUT2D eigenvalue weighted by atomic mass is 35.5. The molecule has 3 aromatic carbocycles. The molecule has 0 aliphatic rings. The Hall–Kier alpha value is -6.07. The van der Waals surface area contributed by atoms with Crippen LogP contribution in [-0.4, -0.2) is 42.5 Å². The van der Waals surface area contributed by atoms with Crippen molar-refractivity contribution in [2.24, 2.45) is 0 Å². The summed E-state index contributed by atoms with van der Waals surface area (Å²) in [6, 6.07) is 18.0. The van der Waals surface area contributed by atoms with Crippen LogP contribution >= 0.6 is 46.4 Å². The molecule has 1 N–H and O–H groups in total. The van der Waals surface area contributed by atoms with Crippen molar-refractivity contribution >= 4 is 92.6 Å². The summed E-state index contributed by atoms with van der Waals surface area (Å²) in [6.45, 7) is 0. The Morgan fingerprint density at radius 3 is 1.41 bits per heavy atom.